The Morgan fingerprint density at radius 3 is 2.36 bits per heavy atom. The molecule has 1 aromatic carbocycles. The number of halogens is 3. The standard InChI is InChI=1S/C10H12BrF2N/c1-2-14-7-10(12,13)8-3-5-9(11)6-4-8/h3-6,14H,2,7H2,1H3. The second-order valence-electron chi connectivity index (χ2n) is 2.99. The van der Waals surface area contributed by atoms with E-state index in [1.54, 1.807) is 19.1 Å². The predicted molar refractivity (Wildman–Crippen MR) is 56.6 cm³/mol. The number of likely N-dealkylation sites (N-methyl/N-ethyl adjacent to an activating group) is 1. The molecular weight excluding hydrogens is 252 g/mol. The zero-order chi connectivity index (χ0) is 10.6. The first-order valence-electron chi connectivity index (χ1n) is 4.41. The van der Waals surface area contributed by atoms with Gasteiger partial charge in [0.1, 0.15) is 0 Å². The average Bonchev–Trinajstić information content (AvgIpc) is 2.16. The van der Waals surface area contributed by atoms with Gasteiger partial charge in [-0.25, -0.2) is 0 Å². The molecule has 0 amide bonds. The Kier molecular flexibility index (Phi) is 4.01. The lowest BCUT2D eigenvalue weighted by atomic mass is 10.1. The number of hydrogen-bond acceptors (Lipinski definition) is 1. The van der Waals surface area contributed by atoms with Gasteiger partial charge in [0.2, 0.25) is 0 Å². The Hall–Kier alpha value is -0.480. The van der Waals surface area contributed by atoms with Gasteiger partial charge in [-0.2, -0.15) is 8.78 Å². The molecule has 0 spiro atoms. The molecule has 1 nitrogen and oxygen atoms in total. The maximum atomic E-state index is 13.4. The second kappa shape index (κ2) is 4.84. The predicted octanol–water partition coefficient (Wildman–Crippen LogP) is 3.15. The topological polar surface area (TPSA) is 12.0 Å². The summed E-state index contributed by atoms with van der Waals surface area (Å²) in [6, 6.07) is 6.10. The third-order valence-corrected chi connectivity index (χ3v) is 2.39. The zero-order valence-corrected chi connectivity index (χ0v) is 9.44. The van der Waals surface area contributed by atoms with E-state index in [1.807, 2.05) is 0 Å². The molecule has 0 aromatic heterocycles. The van der Waals surface area contributed by atoms with Crippen molar-refractivity contribution in [2.75, 3.05) is 13.1 Å². The van der Waals surface area contributed by atoms with Crippen molar-refractivity contribution in [2.24, 2.45) is 0 Å². The van der Waals surface area contributed by atoms with E-state index in [2.05, 4.69) is 21.2 Å². The van der Waals surface area contributed by atoms with Gasteiger partial charge in [0, 0.05) is 10.0 Å². The van der Waals surface area contributed by atoms with Gasteiger partial charge >= 0.3 is 0 Å². The maximum absolute atomic E-state index is 13.4. The van der Waals surface area contributed by atoms with Gasteiger partial charge in [0.05, 0.1) is 6.54 Å². The highest BCUT2D eigenvalue weighted by atomic mass is 79.9. The second-order valence-corrected chi connectivity index (χ2v) is 3.91. The van der Waals surface area contributed by atoms with Gasteiger partial charge in [-0.05, 0) is 18.7 Å². The van der Waals surface area contributed by atoms with E-state index in [-0.39, 0.29) is 12.1 Å². The highest BCUT2D eigenvalue weighted by Gasteiger charge is 2.30. The molecule has 4 heteroatoms. The van der Waals surface area contributed by atoms with Crippen LogP contribution in [0.25, 0.3) is 0 Å². The van der Waals surface area contributed by atoms with Gasteiger partial charge in [-0.15, -0.1) is 0 Å². The summed E-state index contributed by atoms with van der Waals surface area (Å²) in [5.41, 5.74) is 0.0432. The Bertz CT molecular complexity index is 285. The van der Waals surface area contributed by atoms with E-state index >= 15 is 0 Å². The van der Waals surface area contributed by atoms with Crippen LogP contribution in [0.15, 0.2) is 28.7 Å². The Morgan fingerprint density at radius 1 is 1.29 bits per heavy atom. The minimum Gasteiger partial charge on any atom is -0.311 e. The van der Waals surface area contributed by atoms with Crippen LogP contribution in [-0.4, -0.2) is 13.1 Å². The number of rotatable bonds is 4. The molecule has 0 aliphatic heterocycles. The van der Waals surface area contributed by atoms with Crippen LogP contribution in [0, 0.1) is 0 Å². The molecule has 1 N–H and O–H groups in total. The molecule has 0 heterocycles. The van der Waals surface area contributed by atoms with Crippen molar-refractivity contribution < 1.29 is 8.78 Å². The maximum Gasteiger partial charge on any atom is 0.285 e. The van der Waals surface area contributed by atoms with Gasteiger partial charge in [-0.1, -0.05) is 35.0 Å². The number of hydrogen-bond donors (Lipinski definition) is 1. The largest absolute Gasteiger partial charge is 0.311 e. The number of nitrogens with one attached hydrogen (secondary N) is 1. The average molecular weight is 264 g/mol. The van der Waals surface area contributed by atoms with Gasteiger partial charge < -0.3 is 5.32 Å². The fraction of sp³-hybridized carbons (Fsp3) is 0.400. The molecule has 0 saturated heterocycles. The van der Waals surface area contributed by atoms with Crippen molar-refractivity contribution >= 4 is 15.9 Å². The quantitative estimate of drug-likeness (QED) is 0.880. The highest BCUT2D eigenvalue weighted by Crippen LogP contribution is 2.27. The summed E-state index contributed by atoms with van der Waals surface area (Å²) in [7, 11) is 0. The molecule has 1 aromatic rings. The lowest BCUT2D eigenvalue weighted by molar-refractivity contribution is -0.00261. The number of benzene rings is 1. The molecule has 0 aliphatic carbocycles. The van der Waals surface area contributed by atoms with Crippen LogP contribution in [0.4, 0.5) is 8.78 Å². The van der Waals surface area contributed by atoms with Crippen molar-refractivity contribution in [2.45, 2.75) is 12.8 Å². The van der Waals surface area contributed by atoms with Crippen molar-refractivity contribution in [3.05, 3.63) is 34.3 Å². The summed E-state index contributed by atoms with van der Waals surface area (Å²) in [4.78, 5) is 0. The summed E-state index contributed by atoms with van der Waals surface area (Å²) in [5, 5.41) is 2.64. The van der Waals surface area contributed by atoms with Crippen LogP contribution >= 0.6 is 15.9 Å². The molecule has 78 valence electrons. The molecule has 14 heavy (non-hydrogen) atoms. The first kappa shape index (κ1) is 11.6. The summed E-state index contributed by atoms with van der Waals surface area (Å²) in [5.74, 6) is -2.79. The molecule has 0 saturated carbocycles. The molecule has 0 aliphatic rings. The van der Waals surface area contributed by atoms with E-state index in [0.717, 1.165) is 4.47 Å². The van der Waals surface area contributed by atoms with E-state index in [4.69, 9.17) is 0 Å². The van der Waals surface area contributed by atoms with Crippen LogP contribution in [0.1, 0.15) is 12.5 Å². The lowest BCUT2D eigenvalue weighted by Crippen LogP contribution is -2.30. The van der Waals surface area contributed by atoms with Crippen LogP contribution in [0.3, 0.4) is 0 Å². The zero-order valence-electron chi connectivity index (χ0n) is 7.86. The van der Waals surface area contributed by atoms with Gasteiger partial charge in [0.15, 0.2) is 0 Å². The molecule has 0 unspecified atom stereocenters. The Labute approximate surface area is 90.6 Å². The molecule has 1 rings (SSSR count). The normalized spacial score (nSPS) is 11.7. The van der Waals surface area contributed by atoms with Crippen LogP contribution in [-0.2, 0) is 5.92 Å². The molecule has 0 atom stereocenters. The third kappa shape index (κ3) is 3.03. The highest BCUT2D eigenvalue weighted by molar-refractivity contribution is 9.10. The van der Waals surface area contributed by atoms with E-state index in [0.29, 0.717) is 6.54 Å². The monoisotopic (exact) mass is 263 g/mol. The van der Waals surface area contributed by atoms with E-state index < -0.39 is 5.92 Å². The fourth-order valence-electron chi connectivity index (χ4n) is 1.08. The van der Waals surface area contributed by atoms with Gasteiger partial charge in [0.25, 0.3) is 5.92 Å². The van der Waals surface area contributed by atoms with Crippen molar-refractivity contribution in [3.63, 3.8) is 0 Å². The first-order chi connectivity index (χ1) is 6.56. The Balaban J connectivity index is 2.75. The van der Waals surface area contributed by atoms with Crippen molar-refractivity contribution in [1.82, 2.24) is 5.32 Å². The number of alkyl halides is 2. The summed E-state index contributed by atoms with van der Waals surface area (Å²) in [6.07, 6.45) is 0. The Morgan fingerprint density at radius 2 is 1.86 bits per heavy atom. The summed E-state index contributed by atoms with van der Waals surface area (Å²) < 4.78 is 27.6. The van der Waals surface area contributed by atoms with Crippen LogP contribution in [0.2, 0.25) is 0 Å². The fourth-order valence-corrected chi connectivity index (χ4v) is 1.34. The smallest absolute Gasteiger partial charge is 0.285 e. The molecule has 0 bridgehead atoms. The van der Waals surface area contributed by atoms with E-state index in [1.165, 1.54) is 12.1 Å². The van der Waals surface area contributed by atoms with E-state index in [9.17, 15) is 8.78 Å². The lowest BCUT2D eigenvalue weighted by Gasteiger charge is -2.16. The third-order valence-electron chi connectivity index (χ3n) is 1.86. The van der Waals surface area contributed by atoms with Crippen molar-refractivity contribution in [1.29, 1.82) is 0 Å². The molecule has 0 radical (unpaired) electrons. The SMILES string of the molecule is CCNCC(F)(F)c1ccc(Br)cc1. The van der Waals surface area contributed by atoms with Gasteiger partial charge in [-0.3, -0.25) is 0 Å². The van der Waals surface area contributed by atoms with Crippen LogP contribution in [0.5, 0.6) is 0 Å². The summed E-state index contributed by atoms with van der Waals surface area (Å²) in [6.45, 7) is 2.04. The van der Waals surface area contributed by atoms with Crippen molar-refractivity contribution in [3.8, 4) is 0 Å². The minimum atomic E-state index is -2.79. The van der Waals surface area contributed by atoms with Crippen LogP contribution < -0.4 is 5.32 Å². The summed E-state index contributed by atoms with van der Waals surface area (Å²) >= 11 is 3.20. The minimum absolute atomic E-state index is 0.0432. The first-order valence-corrected chi connectivity index (χ1v) is 5.20. The molecule has 0 fully saturated rings. The molecular formula is C10H12BrF2N.